The molecule has 0 atom stereocenters. The normalized spacial score (nSPS) is 9.24. The van der Waals surface area contributed by atoms with E-state index in [2.05, 4.69) is 22.7 Å². The fraction of sp³-hybridized carbons (Fsp3) is 0.0909. The summed E-state index contributed by atoms with van der Waals surface area (Å²) in [6.07, 6.45) is 1.62. The van der Waals surface area contributed by atoms with Crippen molar-refractivity contribution >= 4 is 23.2 Å². The summed E-state index contributed by atoms with van der Waals surface area (Å²) in [4.78, 5) is 11.5. The maximum Gasteiger partial charge on any atom is 0.272 e. The van der Waals surface area contributed by atoms with Crippen molar-refractivity contribution in [3.8, 4) is 0 Å². The first-order valence-corrected chi connectivity index (χ1v) is 5.25. The second-order valence-corrected chi connectivity index (χ2v) is 3.47. The Hall–Kier alpha value is -1.95. The molecular weight excluding hydrogens is 241 g/mol. The van der Waals surface area contributed by atoms with E-state index in [4.69, 9.17) is 12.2 Å². The van der Waals surface area contributed by atoms with Crippen LogP contribution in [0, 0.1) is 5.82 Å². The molecule has 0 heterocycles. The molecule has 0 saturated carbocycles. The van der Waals surface area contributed by atoms with Gasteiger partial charge in [0.15, 0.2) is 5.11 Å². The summed E-state index contributed by atoms with van der Waals surface area (Å²) in [5.41, 5.74) is 4.68. The van der Waals surface area contributed by atoms with Gasteiger partial charge in [0.05, 0.1) is 5.56 Å². The number of hydrogen-bond donors (Lipinski definition) is 3. The van der Waals surface area contributed by atoms with Crippen LogP contribution in [-0.4, -0.2) is 17.6 Å². The van der Waals surface area contributed by atoms with Gasteiger partial charge in [-0.25, -0.2) is 4.39 Å². The third kappa shape index (κ3) is 4.20. The zero-order valence-corrected chi connectivity index (χ0v) is 9.81. The van der Waals surface area contributed by atoms with Crippen LogP contribution in [0.15, 0.2) is 36.9 Å². The Morgan fingerprint density at radius 3 is 2.76 bits per heavy atom. The first-order chi connectivity index (χ1) is 8.15. The molecule has 0 aliphatic rings. The average molecular weight is 253 g/mol. The number of hydrogen-bond acceptors (Lipinski definition) is 2. The Morgan fingerprint density at radius 1 is 1.41 bits per heavy atom. The van der Waals surface area contributed by atoms with Crippen LogP contribution in [0.2, 0.25) is 0 Å². The average Bonchev–Trinajstić information content (AvgIpc) is 2.34. The molecule has 0 bridgehead atoms. The molecule has 0 aliphatic carbocycles. The van der Waals surface area contributed by atoms with E-state index >= 15 is 0 Å². The van der Waals surface area contributed by atoms with Crippen molar-refractivity contribution in [2.75, 3.05) is 6.54 Å². The number of amides is 1. The third-order valence-corrected chi connectivity index (χ3v) is 2.06. The highest BCUT2D eigenvalue weighted by atomic mass is 32.1. The molecule has 0 saturated heterocycles. The van der Waals surface area contributed by atoms with Crippen LogP contribution >= 0.6 is 12.2 Å². The molecule has 0 fully saturated rings. The lowest BCUT2D eigenvalue weighted by atomic mass is 10.2. The van der Waals surface area contributed by atoms with Gasteiger partial charge in [-0.05, 0) is 24.4 Å². The summed E-state index contributed by atoms with van der Waals surface area (Å²) in [6, 6.07) is 5.68. The molecule has 1 aromatic carbocycles. The van der Waals surface area contributed by atoms with E-state index in [-0.39, 0.29) is 10.7 Å². The number of rotatable bonds is 3. The van der Waals surface area contributed by atoms with Gasteiger partial charge in [0.1, 0.15) is 5.82 Å². The largest absolute Gasteiger partial charge is 0.358 e. The van der Waals surface area contributed by atoms with E-state index in [9.17, 15) is 9.18 Å². The summed E-state index contributed by atoms with van der Waals surface area (Å²) >= 11 is 4.84. The predicted molar refractivity (Wildman–Crippen MR) is 67.8 cm³/mol. The molecule has 90 valence electrons. The van der Waals surface area contributed by atoms with E-state index in [1.165, 1.54) is 18.2 Å². The van der Waals surface area contributed by atoms with Crippen LogP contribution < -0.4 is 16.2 Å². The molecule has 0 aliphatic heterocycles. The van der Waals surface area contributed by atoms with Crippen molar-refractivity contribution in [2.45, 2.75) is 0 Å². The Kier molecular flexibility index (Phi) is 5.09. The van der Waals surface area contributed by atoms with Gasteiger partial charge in [-0.1, -0.05) is 18.2 Å². The van der Waals surface area contributed by atoms with Gasteiger partial charge in [-0.15, -0.1) is 6.58 Å². The molecule has 1 amide bonds. The van der Waals surface area contributed by atoms with Gasteiger partial charge in [-0.2, -0.15) is 0 Å². The number of halogens is 1. The lowest BCUT2D eigenvalue weighted by Crippen LogP contribution is -2.46. The van der Waals surface area contributed by atoms with Gasteiger partial charge in [0.2, 0.25) is 0 Å². The van der Waals surface area contributed by atoms with Crippen LogP contribution in [0.5, 0.6) is 0 Å². The molecule has 0 unspecified atom stereocenters. The Balaban J connectivity index is 2.48. The van der Waals surface area contributed by atoms with Gasteiger partial charge in [0.25, 0.3) is 5.91 Å². The smallest absolute Gasteiger partial charge is 0.272 e. The molecule has 1 aromatic rings. The van der Waals surface area contributed by atoms with Crippen molar-refractivity contribution in [3.05, 3.63) is 48.3 Å². The lowest BCUT2D eigenvalue weighted by Gasteiger charge is -2.10. The highest BCUT2D eigenvalue weighted by molar-refractivity contribution is 7.80. The summed E-state index contributed by atoms with van der Waals surface area (Å²) < 4.78 is 13.2. The Labute approximate surface area is 104 Å². The zero-order valence-electron chi connectivity index (χ0n) is 9.00. The van der Waals surface area contributed by atoms with Crippen molar-refractivity contribution in [1.29, 1.82) is 0 Å². The second kappa shape index (κ2) is 6.59. The molecule has 4 nitrogen and oxygen atoms in total. The first kappa shape index (κ1) is 13.1. The summed E-state index contributed by atoms with van der Waals surface area (Å²) in [7, 11) is 0. The number of carbonyl (C=O) groups excluding carboxylic acids is 1. The molecule has 3 N–H and O–H groups in total. The predicted octanol–water partition coefficient (Wildman–Crippen LogP) is 1.12. The molecule has 0 aromatic heterocycles. The highest BCUT2D eigenvalue weighted by Gasteiger charge is 2.09. The maximum absolute atomic E-state index is 13.2. The molecule has 6 heteroatoms. The molecule has 1 rings (SSSR count). The van der Waals surface area contributed by atoms with Crippen LogP contribution in [0.25, 0.3) is 0 Å². The van der Waals surface area contributed by atoms with Crippen molar-refractivity contribution in [2.24, 2.45) is 0 Å². The SMILES string of the molecule is C=CCNC(=S)NNC(=O)c1ccccc1F. The molecule has 0 spiro atoms. The fourth-order valence-electron chi connectivity index (χ4n) is 1.04. The number of benzene rings is 1. The van der Waals surface area contributed by atoms with Crippen molar-refractivity contribution in [3.63, 3.8) is 0 Å². The topological polar surface area (TPSA) is 53.2 Å². The third-order valence-electron chi connectivity index (χ3n) is 1.82. The van der Waals surface area contributed by atoms with E-state index in [1.807, 2.05) is 0 Å². The van der Waals surface area contributed by atoms with E-state index in [1.54, 1.807) is 12.1 Å². The minimum Gasteiger partial charge on any atom is -0.358 e. The van der Waals surface area contributed by atoms with E-state index in [0.29, 0.717) is 6.54 Å². The van der Waals surface area contributed by atoms with Gasteiger partial charge in [-0.3, -0.25) is 15.6 Å². The van der Waals surface area contributed by atoms with Crippen molar-refractivity contribution in [1.82, 2.24) is 16.2 Å². The van der Waals surface area contributed by atoms with Crippen molar-refractivity contribution < 1.29 is 9.18 Å². The van der Waals surface area contributed by atoms with Gasteiger partial charge in [0, 0.05) is 6.54 Å². The van der Waals surface area contributed by atoms with Gasteiger partial charge >= 0.3 is 0 Å². The number of thiocarbonyl (C=S) groups is 1. The second-order valence-electron chi connectivity index (χ2n) is 3.06. The summed E-state index contributed by atoms with van der Waals surface area (Å²) in [6.45, 7) is 3.97. The fourth-order valence-corrected chi connectivity index (χ4v) is 1.17. The number of nitrogens with one attached hydrogen (secondary N) is 3. The summed E-state index contributed by atoms with van der Waals surface area (Å²) in [5, 5.41) is 2.98. The summed E-state index contributed by atoms with van der Waals surface area (Å²) in [5.74, 6) is -1.18. The number of hydrazine groups is 1. The van der Waals surface area contributed by atoms with Gasteiger partial charge < -0.3 is 5.32 Å². The molecule has 0 radical (unpaired) electrons. The number of carbonyl (C=O) groups is 1. The first-order valence-electron chi connectivity index (χ1n) is 4.84. The molecule has 17 heavy (non-hydrogen) atoms. The minimum atomic E-state index is -0.592. The van der Waals surface area contributed by atoms with Crippen LogP contribution in [0.1, 0.15) is 10.4 Å². The monoisotopic (exact) mass is 253 g/mol. The lowest BCUT2D eigenvalue weighted by molar-refractivity contribution is 0.0939. The van der Waals surface area contributed by atoms with Crippen LogP contribution in [-0.2, 0) is 0 Å². The maximum atomic E-state index is 13.2. The van der Waals surface area contributed by atoms with E-state index in [0.717, 1.165) is 0 Å². The van der Waals surface area contributed by atoms with Crippen LogP contribution in [0.4, 0.5) is 4.39 Å². The molecular formula is C11H12FN3OS. The standard InChI is InChI=1S/C11H12FN3OS/c1-2-7-13-11(17)15-14-10(16)8-5-3-4-6-9(8)12/h2-6H,1,7H2,(H,14,16)(H2,13,15,17). The quantitative estimate of drug-likeness (QED) is 0.429. The minimum absolute atomic E-state index is 0.0495. The Bertz CT molecular complexity index is 436. The van der Waals surface area contributed by atoms with E-state index < -0.39 is 11.7 Å². The van der Waals surface area contributed by atoms with Crippen LogP contribution in [0.3, 0.4) is 0 Å². The Morgan fingerprint density at radius 2 is 2.12 bits per heavy atom. The zero-order chi connectivity index (χ0) is 12.7. The highest BCUT2D eigenvalue weighted by Crippen LogP contribution is 2.04.